The summed E-state index contributed by atoms with van der Waals surface area (Å²) in [6, 6.07) is 10.6. The van der Waals surface area contributed by atoms with Crippen LogP contribution in [0.1, 0.15) is 32.7 Å². The van der Waals surface area contributed by atoms with E-state index in [0.717, 1.165) is 4.88 Å². The lowest BCUT2D eigenvalue weighted by Crippen LogP contribution is -2.35. The molecule has 2 N–H and O–H groups in total. The molecule has 0 radical (unpaired) electrons. The Morgan fingerprint density at radius 1 is 1.14 bits per heavy atom. The third-order valence-corrected chi connectivity index (χ3v) is 5.18. The number of aromatic nitrogens is 2. The highest BCUT2D eigenvalue weighted by Crippen LogP contribution is 2.26. The number of thiophene rings is 1. The van der Waals surface area contributed by atoms with E-state index in [0.29, 0.717) is 29.7 Å². The van der Waals surface area contributed by atoms with E-state index in [-0.39, 0.29) is 24.4 Å². The number of carbonyl (C=O) groups excluding carboxylic acids is 2. The highest BCUT2D eigenvalue weighted by Gasteiger charge is 2.23. The first-order chi connectivity index (χ1) is 14.0. The van der Waals surface area contributed by atoms with Gasteiger partial charge in [0, 0.05) is 18.3 Å². The first-order valence-corrected chi connectivity index (χ1v) is 10.1. The van der Waals surface area contributed by atoms with Crippen molar-refractivity contribution in [3.63, 3.8) is 0 Å². The number of benzene rings is 1. The number of rotatable bonds is 8. The van der Waals surface area contributed by atoms with Crippen LogP contribution in [0.25, 0.3) is 10.8 Å². The molecule has 0 bridgehead atoms. The summed E-state index contributed by atoms with van der Waals surface area (Å²) >= 11 is 1.53. The number of hydrogen-bond donors (Lipinski definition) is 2. The number of likely N-dealkylation sites (N-methyl/N-ethyl adjacent to an activating group) is 1. The zero-order chi connectivity index (χ0) is 20.8. The zero-order valence-corrected chi connectivity index (χ0v) is 17.3. The third-order valence-electron chi connectivity index (χ3n) is 4.32. The van der Waals surface area contributed by atoms with Gasteiger partial charge in [-0.2, -0.15) is 0 Å². The maximum absolute atomic E-state index is 12.5. The van der Waals surface area contributed by atoms with E-state index < -0.39 is 0 Å². The molecule has 2 heterocycles. The first-order valence-electron chi connectivity index (χ1n) is 9.25. The first kappa shape index (κ1) is 20.7. The Hall–Kier alpha value is -3.04. The fraction of sp³-hybridized carbons (Fsp3) is 0.300. The molecule has 1 aromatic carbocycles. The van der Waals surface area contributed by atoms with Gasteiger partial charge in [-0.1, -0.05) is 13.0 Å². The number of carbonyl (C=O) groups is 2. The van der Waals surface area contributed by atoms with E-state index in [1.54, 1.807) is 24.3 Å². The van der Waals surface area contributed by atoms with Crippen molar-refractivity contribution in [1.29, 1.82) is 0 Å². The van der Waals surface area contributed by atoms with Crippen LogP contribution in [0.2, 0.25) is 0 Å². The highest BCUT2D eigenvalue weighted by molar-refractivity contribution is 7.13. The summed E-state index contributed by atoms with van der Waals surface area (Å²) in [5, 5.41) is 15.8. The van der Waals surface area contributed by atoms with Gasteiger partial charge in [0.25, 0.3) is 5.89 Å². The lowest BCUT2D eigenvalue weighted by molar-refractivity contribution is -0.118. The molecular weight excluding hydrogens is 390 g/mol. The summed E-state index contributed by atoms with van der Waals surface area (Å²) in [6.45, 7) is 6.19. The predicted octanol–water partition coefficient (Wildman–Crippen LogP) is 3.78. The van der Waals surface area contributed by atoms with Gasteiger partial charge in [-0.3, -0.25) is 14.5 Å². The second kappa shape index (κ2) is 9.44. The van der Waals surface area contributed by atoms with Crippen LogP contribution in [-0.4, -0.2) is 40.0 Å². The van der Waals surface area contributed by atoms with E-state index in [2.05, 4.69) is 20.8 Å². The smallest absolute Gasteiger partial charge is 0.257 e. The number of amides is 2. The zero-order valence-electron chi connectivity index (χ0n) is 16.5. The molecule has 152 valence electrons. The van der Waals surface area contributed by atoms with Gasteiger partial charge in [0.05, 0.1) is 17.5 Å². The normalized spacial score (nSPS) is 12.0. The molecule has 9 heteroatoms. The van der Waals surface area contributed by atoms with Crippen LogP contribution in [0.5, 0.6) is 0 Å². The molecule has 2 amide bonds. The third kappa shape index (κ3) is 5.49. The summed E-state index contributed by atoms with van der Waals surface area (Å²) < 4.78 is 5.80. The molecule has 3 rings (SSSR count). The van der Waals surface area contributed by atoms with Gasteiger partial charge in [0.2, 0.25) is 17.7 Å². The van der Waals surface area contributed by atoms with Crippen molar-refractivity contribution in [3.8, 4) is 10.8 Å². The van der Waals surface area contributed by atoms with Crippen molar-refractivity contribution >= 4 is 34.5 Å². The minimum absolute atomic E-state index is 0.141. The SMILES string of the molecule is CCN(CC(=O)Nc1ccc(NC(C)=O)cc1)[C@H](C)c1nnc(-c2cccs2)o1. The summed E-state index contributed by atoms with van der Waals surface area (Å²) in [5.74, 6) is 0.672. The molecule has 0 aliphatic rings. The van der Waals surface area contributed by atoms with Gasteiger partial charge in [-0.25, -0.2) is 0 Å². The molecule has 1 atom stereocenters. The van der Waals surface area contributed by atoms with Crippen molar-refractivity contribution in [3.05, 3.63) is 47.7 Å². The van der Waals surface area contributed by atoms with E-state index in [4.69, 9.17) is 4.42 Å². The van der Waals surface area contributed by atoms with E-state index in [1.807, 2.05) is 36.3 Å². The second-order valence-electron chi connectivity index (χ2n) is 6.47. The Kier molecular flexibility index (Phi) is 6.73. The molecule has 0 aliphatic heterocycles. The van der Waals surface area contributed by atoms with Gasteiger partial charge < -0.3 is 15.1 Å². The molecule has 8 nitrogen and oxygen atoms in total. The van der Waals surface area contributed by atoms with Crippen molar-refractivity contribution in [2.24, 2.45) is 0 Å². The fourth-order valence-electron chi connectivity index (χ4n) is 2.81. The average Bonchev–Trinajstić information content (AvgIpc) is 3.38. The molecule has 0 unspecified atom stereocenters. The van der Waals surface area contributed by atoms with Gasteiger partial charge >= 0.3 is 0 Å². The van der Waals surface area contributed by atoms with E-state index in [9.17, 15) is 9.59 Å². The monoisotopic (exact) mass is 413 g/mol. The largest absolute Gasteiger partial charge is 0.418 e. The van der Waals surface area contributed by atoms with Crippen LogP contribution in [0.4, 0.5) is 11.4 Å². The Labute approximate surface area is 172 Å². The fourth-order valence-corrected chi connectivity index (χ4v) is 3.45. The number of nitrogens with one attached hydrogen (secondary N) is 2. The Bertz CT molecular complexity index is 953. The minimum atomic E-state index is -0.200. The molecule has 0 spiro atoms. The van der Waals surface area contributed by atoms with Crippen LogP contribution in [-0.2, 0) is 9.59 Å². The van der Waals surface area contributed by atoms with Crippen LogP contribution in [0.3, 0.4) is 0 Å². The van der Waals surface area contributed by atoms with E-state index >= 15 is 0 Å². The number of anilines is 2. The lowest BCUT2D eigenvalue weighted by Gasteiger charge is -2.24. The molecule has 0 aliphatic carbocycles. The van der Waals surface area contributed by atoms with Gasteiger partial charge in [0.15, 0.2) is 0 Å². The van der Waals surface area contributed by atoms with Crippen molar-refractivity contribution in [1.82, 2.24) is 15.1 Å². The Balaban J connectivity index is 1.60. The Morgan fingerprint density at radius 3 is 2.41 bits per heavy atom. The average molecular weight is 414 g/mol. The lowest BCUT2D eigenvalue weighted by atomic mass is 10.2. The maximum atomic E-state index is 12.5. The number of nitrogens with zero attached hydrogens (tertiary/aromatic N) is 3. The van der Waals surface area contributed by atoms with E-state index in [1.165, 1.54) is 18.3 Å². The Morgan fingerprint density at radius 2 is 1.83 bits per heavy atom. The van der Waals surface area contributed by atoms with Gasteiger partial charge in [0.1, 0.15) is 0 Å². The summed E-state index contributed by atoms with van der Waals surface area (Å²) in [6.07, 6.45) is 0. The topological polar surface area (TPSA) is 100 Å². The molecule has 3 aromatic rings. The standard InChI is InChI=1S/C20H23N5O3S/c1-4-25(13(2)19-23-24-20(28-19)17-6-5-11-29-17)12-18(27)22-16-9-7-15(8-10-16)21-14(3)26/h5-11,13H,4,12H2,1-3H3,(H,21,26)(H,22,27)/t13-/m1/s1. The predicted molar refractivity (Wildman–Crippen MR) is 113 cm³/mol. The van der Waals surface area contributed by atoms with Crippen molar-refractivity contribution in [2.75, 3.05) is 23.7 Å². The quantitative estimate of drug-likeness (QED) is 0.583. The maximum Gasteiger partial charge on any atom is 0.257 e. The van der Waals surface area contributed by atoms with Crippen LogP contribution >= 0.6 is 11.3 Å². The highest BCUT2D eigenvalue weighted by atomic mass is 32.1. The molecule has 29 heavy (non-hydrogen) atoms. The molecule has 0 saturated heterocycles. The second-order valence-corrected chi connectivity index (χ2v) is 7.42. The molecule has 0 fully saturated rings. The minimum Gasteiger partial charge on any atom is -0.418 e. The summed E-state index contributed by atoms with van der Waals surface area (Å²) in [7, 11) is 0. The van der Waals surface area contributed by atoms with Crippen LogP contribution < -0.4 is 10.6 Å². The summed E-state index contributed by atoms with van der Waals surface area (Å²) in [5.41, 5.74) is 1.34. The molecular formula is C20H23N5O3S. The van der Waals surface area contributed by atoms with Gasteiger partial charge in [-0.05, 0) is 49.2 Å². The number of hydrogen-bond acceptors (Lipinski definition) is 7. The molecule has 2 aromatic heterocycles. The molecule has 0 saturated carbocycles. The van der Waals surface area contributed by atoms with Crippen molar-refractivity contribution < 1.29 is 14.0 Å². The van der Waals surface area contributed by atoms with Crippen molar-refractivity contribution in [2.45, 2.75) is 26.8 Å². The van der Waals surface area contributed by atoms with Crippen LogP contribution in [0, 0.1) is 0 Å². The van der Waals surface area contributed by atoms with Gasteiger partial charge in [-0.15, -0.1) is 21.5 Å². The summed E-state index contributed by atoms with van der Waals surface area (Å²) in [4.78, 5) is 26.4. The van der Waals surface area contributed by atoms with Crippen LogP contribution in [0.15, 0.2) is 46.2 Å².